The van der Waals surface area contributed by atoms with Gasteiger partial charge in [0.2, 0.25) is 0 Å². The normalized spacial score (nSPS) is 22.4. The van der Waals surface area contributed by atoms with Crippen molar-refractivity contribution in [3.63, 3.8) is 0 Å². The summed E-state index contributed by atoms with van der Waals surface area (Å²) < 4.78 is 0. The predicted octanol–water partition coefficient (Wildman–Crippen LogP) is 3.63. The highest BCUT2D eigenvalue weighted by molar-refractivity contribution is 6.34. The third kappa shape index (κ3) is 2.81. The monoisotopic (exact) mass is 251 g/mol. The second kappa shape index (κ2) is 4.69. The van der Waals surface area contributed by atoms with E-state index in [0.717, 1.165) is 24.1 Å². The molecule has 0 heterocycles. The van der Waals surface area contributed by atoms with E-state index < -0.39 is 0 Å². The summed E-state index contributed by atoms with van der Waals surface area (Å²) in [5, 5.41) is 0.547. The van der Waals surface area contributed by atoms with Crippen molar-refractivity contribution in [2.75, 3.05) is 18.5 Å². The molecular formula is C14H18ClNO. The molecule has 2 atom stereocenters. The lowest BCUT2D eigenvalue weighted by atomic mass is 10.1. The molecule has 2 nitrogen and oxygen atoms in total. The Hall–Kier alpha value is -1.02. The van der Waals surface area contributed by atoms with Crippen molar-refractivity contribution in [1.29, 1.82) is 0 Å². The molecule has 0 N–H and O–H groups in total. The van der Waals surface area contributed by atoms with E-state index in [9.17, 15) is 4.79 Å². The first kappa shape index (κ1) is 12.4. The van der Waals surface area contributed by atoms with Gasteiger partial charge in [0.25, 0.3) is 0 Å². The highest BCUT2D eigenvalue weighted by Gasteiger charge is 2.33. The van der Waals surface area contributed by atoms with Gasteiger partial charge >= 0.3 is 0 Å². The van der Waals surface area contributed by atoms with Crippen LogP contribution in [0.15, 0.2) is 18.2 Å². The number of hydrogen-bond acceptors (Lipinski definition) is 2. The topological polar surface area (TPSA) is 20.3 Å². The zero-order valence-corrected chi connectivity index (χ0v) is 11.3. The van der Waals surface area contributed by atoms with E-state index in [1.165, 1.54) is 13.3 Å². The zero-order chi connectivity index (χ0) is 12.6. The molecule has 0 spiro atoms. The van der Waals surface area contributed by atoms with Crippen molar-refractivity contribution in [3.05, 3.63) is 28.8 Å². The molecule has 0 amide bonds. The van der Waals surface area contributed by atoms with Crippen molar-refractivity contribution in [2.45, 2.75) is 20.3 Å². The van der Waals surface area contributed by atoms with Gasteiger partial charge in [-0.25, -0.2) is 0 Å². The molecule has 2 unspecified atom stereocenters. The molecule has 0 radical (unpaired) electrons. The lowest BCUT2D eigenvalue weighted by Crippen LogP contribution is -2.20. The minimum absolute atomic E-state index is 0.0139. The van der Waals surface area contributed by atoms with E-state index in [1.54, 1.807) is 0 Å². The summed E-state index contributed by atoms with van der Waals surface area (Å²) in [5.74, 6) is 1.68. The Morgan fingerprint density at radius 1 is 1.53 bits per heavy atom. The average molecular weight is 252 g/mol. The number of nitrogens with zero attached hydrogens (tertiary/aromatic N) is 1. The Kier molecular flexibility index (Phi) is 3.43. The van der Waals surface area contributed by atoms with Crippen LogP contribution in [0.3, 0.4) is 0 Å². The summed E-state index contributed by atoms with van der Waals surface area (Å²) in [6.45, 7) is 4.89. The Labute approximate surface area is 108 Å². The van der Waals surface area contributed by atoms with Gasteiger partial charge in [0.1, 0.15) is 0 Å². The van der Waals surface area contributed by atoms with Gasteiger partial charge < -0.3 is 4.90 Å². The smallest absolute Gasteiger partial charge is 0.161 e. The first-order chi connectivity index (χ1) is 7.99. The number of ketones is 1. The van der Waals surface area contributed by atoms with Crippen molar-refractivity contribution in [2.24, 2.45) is 11.8 Å². The fourth-order valence-electron chi connectivity index (χ4n) is 2.14. The van der Waals surface area contributed by atoms with Crippen LogP contribution in [0.25, 0.3) is 0 Å². The molecule has 0 aliphatic heterocycles. The average Bonchev–Trinajstić information content (AvgIpc) is 2.93. The summed E-state index contributed by atoms with van der Waals surface area (Å²) in [6.07, 6.45) is 1.32. The molecule has 1 aliphatic carbocycles. The maximum atomic E-state index is 11.3. The van der Waals surface area contributed by atoms with Gasteiger partial charge in [-0.3, -0.25) is 4.79 Å². The van der Waals surface area contributed by atoms with Gasteiger partial charge in [-0.15, -0.1) is 0 Å². The van der Waals surface area contributed by atoms with Crippen LogP contribution >= 0.6 is 11.6 Å². The summed E-state index contributed by atoms with van der Waals surface area (Å²) in [7, 11) is 2.07. The van der Waals surface area contributed by atoms with E-state index in [0.29, 0.717) is 10.6 Å². The lowest BCUT2D eigenvalue weighted by molar-refractivity contribution is 0.101. The van der Waals surface area contributed by atoms with Crippen molar-refractivity contribution >= 4 is 23.1 Å². The van der Waals surface area contributed by atoms with E-state index in [-0.39, 0.29) is 5.78 Å². The first-order valence-electron chi connectivity index (χ1n) is 6.00. The maximum absolute atomic E-state index is 11.3. The van der Waals surface area contributed by atoms with Gasteiger partial charge in [0.15, 0.2) is 5.78 Å². The van der Waals surface area contributed by atoms with Crippen LogP contribution in [0.4, 0.5) is 5.69 Å². The molecule has 0 bridgehead atoms. The quantitative estimate of drug-likeness (QED) is 0.762. The molecule has 92 valence electrons. The number of rotatable bonds is 4. The second-order valence-corrected chi connectivity index (χ2v) is 5.48. The molecule has 0 aromatic heterocycles. The molecule has 1 fully saturated rings. The van der Waals surface area contributed by atoms with Crippen molar-refractivity contribution in [3.8, 4) is 0 Å². The van der Waals surface area contributed by atoms with E-state index >= 15 is 0 Å². The molecule has 1 aliphatic rings. The summed E-state index contributed by atoms with van der Waals surface area (Å²) in [6, 6.07) is 5.66. The highest BCUT2D eigenvalue weighted by atomic mass is 35.5. The molecule has 0 saturated heterocycles. The second-order valence-electron chi connectivity index (χ2n) is 5.07. The summed E-state index contributed by atoms with van der Waals surface area (Å²) in [5.41, 5.74) is 1.68. The van der Waals surface area contributed by atoms with Crippen LogP contribution in [0.1, 0.15) is 30.6 Å². The van der Waals surface area contributed by atoms with E-state index in [4.69, 9.17) is 11.6 Å². The minimum atomic E-state index is 0.0139. The third-order valence-corrected chi connectivity index (χ3v) is 3.87. The third-order valence-electron chi connectivity index (χ3n) is 3.56. The van der Waals surface area contributed by atoms with Crippen LogP contribution < -0.4 is 4.90 Å². The Balaban J connectivity index is 2.10. The molecule has 1 aromatic carbocycles. The van der Waals surface area contributed by atoms with Crippen LogP contribution in [0.2, 0.25) is 5.02 Å². The van der Waals surface area contributed by atoms with Crippen LogP contribution in [0, 0.1) is 11.8 Å². The van der Waals surface area contributed by atoms with Gasteiger partial charge in [0.05, 0.1) is 5.02 Å². The van der Waals surface area contributed by atoms with Crippen molar-refractivity contribution in [1.82, 2.24) is 0 Å². The van der Waals surface area contributed by atoms with E-state index in [2.05, 4.69) is 18.9 Å². The maximum Gasteiger partial charge on any atom is 0.161 e. The predicted molar refractivity (Wildman–Crippen MR) is 72.0 cm³/mol. The summed E-state index contributed by atoms with van der Waals surface area (Å²) in [4.78, 5) is 13.5. The minimum Gasteiger partial charge on any atom is -0.374 e. The van der Waals surface area contributed by atoms with Gasteiger partial charge in [-0.05, 0) is 43.4 Å². The molecule has 17 heavy (non-hydrogen) atoms. The lowest BCUT2D eigenvalue weighted by Gasteiger charge is -2.20. The SMILES string of the molecule is CC(=O)c1ccc(N(C)CC2CC2C)cc1Cl. The van der Waals surface area contributed by atoms with Crippen LogP contribution in [0.5, 0.6) is 0 Å². The zero-order valence-electron chi connectivity index (χ0n) is 10.5. The fraction of sp³-hybridized carbons (Fsp3) is 0.500. The number of halogens is 1. The molecule has 1 saturated carbocycles. The standard InChI is InChI=1S/C14H18ClNO/c1-9-6-11(9)8-16(3)12-4-5-13(10(2)17)14(15)7-12/h4-5,7,9,11H,6,8H2,1-3H3. The molecular weight excluding hydrogens is 234 g/mol. The van der Waals surface area contributed by atoms with Gasteiger partial charge in [0, 0.05) is 24.8 Å². The summed E-state index contributed by atoms with van der Waals surface area (Å²) >= 11 is 6.10. The van der Waals surface area contributed by atoms with Crippen LogP contribution in [-0.2, 0) is 0 Å². The Bertz CT molecular complexity index is 444. The van der Waals surface area contributed by atoms with Gasteiger partial charge in [-0.2, -0.15) is 0 Å². The number of benzene rings is 1. The van der Waals surface area contributed by atoms with Gasteiger partial charge in [-0.1, -0.05) is 18.5 Å². The first-order valence-corrected chi connectivity index (χ1v) is 6.38. The molecule has 1 aromatic rings. The molecule has 2 rings (SSSR count). The number of Topliss-reactive ketones (excluding diaryl/α,β-unsaturated/α-hetero) is 1. The fourth-order valence-corrected chi connectivity index (χ4v) is 2.45. The highest BCUT2D eigenvalue weighted by Crippen LogP contribution is 2.38. The van der Waals surface area contributed by atoms with Crippen molar-refractivity contribution < 1.29 is 4.79 Å². The number of anilines is 1. The molecule has 3 heteroatoms. The number of hydrogen-bond donors (Lipinski definition) is 0. The largest absolute Gasteiger partial charge is 0.374 e. The van der Waals surface area contributed by atoms with E-state index in [1.807, 2.05) is 18.2 Å². The number of carbonyl (C=O) groups is 1. The number of carbonyl (C=O) groups excluding carboxylic acids is 1. The Morgan fingerprint density at radius 2 is 2.18 bits per heavy atom. The Morgan fingerprint density at radius 3 is 2.65 bits per heavy atom. The van der Waals surface area contributed by atoms with Crippen LogP contribution in [-0.4, -0.2) is 19.4 Å².